The Kier molecular flexibility index (Phi) is 5.39. The number of aromatic amines is 1. The van der Waals surface area contributed by atoms with E-state index in [2.05, 4.69) is 20.4 Å². The Bertz CT molecular complexity index is 1240. The first-order valence-electron chi connectivity index (χ1n) is 9.70. The number of sulfonamides is 1. The molecular weight excluding hydrogens is 408 g/mol. The minimum Gasteiger partial charge on any atom is -0.324 e. The molecule has 158 valence electrons. The lowest BCUT2D eigenvalue weighted by atomic mass is 9.97. The van der Waals surface area contributed by atoms with Gasteiger partial charge >= 0.3 is 0 Å². The highest BCUT2D eigenvalue weighted by molar-refractivity contribution is 7.89. The number of amides is 1. The van der Waals surface area contributed by atoms with Crippen LogP contribution >= 0.6 is 0 Å². The lowest BCUT2D eigenvalue weighted by molar-refractivity contribution is -0.120. The normalized spacial score (nSPS) is 16.0. The van der Waals surface area contributed by atoms with E-state index in [1.807, 2.05) is 0 Å². The number of nitrogens with zero attached hydrogens (tertiary/aromatic N) is 4. The van der Waals surface area contributed by atoms with E-state index in [1.54, 1.807) is 31.2 Å². The molecule has 0 radical (unpaired) electrons. The molecule has 11 heteroatoms. The van der Waals surface area contributed by atoms with Crippen LogP contribution in [0.3, 0.4) is 0 Å². The number of H-pyrrole nitrogens is 1. The fraction of sp³-hybridized carbons (Fsp3) is 0.368. The number of piperidine rings is 1. The zero-order valence-corrected chi connectivity index (χ0v) is 17.2. The second-order valence-electron chi connectivity index (χ2n) is 7.11. The van der Waals surface area contributed by atoms with Crippen LogP contribution in [0.1, 0.15) is 19.8 Å². The molecule has 30 heavy (non-hydrogen) atoms. The first kappa shape index (κ1) is 20.2. The molecule has 1 fully saturated rings. The molecule has 2 aromatic heterocycles. The van der Waals surface area contributed by atoms with Gasteiger partial charge in [-0.15, -0.1) is 0 Å². The van der Waals surface area contributed by atoms with Crippen molar-refractivity contribution < 1.29 is 13.2 Å². The van der Waals surface area contributed by atoms with E-state index in [-0.39, 0.29) is 23.1 Å². The van der Waals surface area contributed by atoms with Gasteiger partial charge in [-0.2, -0.15) is 5.10 Å². The number of hydrogen-bond donors (Lipinski definition) is 2. The highest BCUT2D eigenvalue weighted by Crippen LogP contribution is 2.25. The quantitative estimate of drug-likeness (QED) is 0.624. The molecule has 0 spiro atoms. The van der Waals surface area contributed by atoms with Crippen LogP contribution in [0.4, 0.5) is 5.69 Å². The van der Waals surface area contributed by atoms with E-state index in [1.165, 1.54) is 21.5 Å². The van der Waals surface area contributed by atoms with Crippen molar-refractivity contribution in [2.75, 3.05) is 24.2 Å². The van der Waals surface area contributed by atoms with Gasteiger partial charge in [0.05, 0.1) is 29.7 Å². The minimum atomic E-state index is -3.23. The third-order valence-electron chi connectivity index (χ3n) is 5.34. The summed E-state index contributed by atoms with van der Waals surface area (Å²) in [5, 5.41) is 7.55. The van der Waals surface area contributed by atoms with Crippen molar-refractivity contribution in [3.05, 3.63) is 47.1 Å². The smallest absolute Gasteiger partial charge is 0.261 e. The molecule has 0 aliphatic carbocycles. The number of benzene rings is 1. The van der Waals surface area contributed by atoms with E-state index >= 15 is 0 Å². The first-order chi connectivity index (χ1) is 14.4. The summed E-state index contributed by atoms with van der Waals surface area (Å²) in [6.07, 6.45) is 3.68. The van der Waals surface area contributed by atoms with Crippen molar-refractivity contribution >= 4 is 32.7 Å². The molecule has 0 unspecified atom stereocenters. The number of carbonyl (C=O) groups excluding carboxylic acids is 1. The maximum absolute atomic E-state index is 12.9. The van der Waals surface area contributed by atoms with E-state index < -0.39 is 10.0 Å². The van der Waals surface area contributed by atoms with Crippen LogP contribution in [-0.4, -0.2) is 57.2 Å². The van der Waals surface area contributed by atoms with Gasteiger partial charge in [0, 0.05) is 19.0 Å². The molecule has 0 bridgehead atoms. The summed E-state index contributed by atoms with van der Waals surface area (Å²) in [6.45, 7) is 2.30. The molecule has 1 amide bonds. The van der Waals surface area contributed by atoms with Crippen LogP contribution in [0.15, 0.2) is 41.6 Å². The van der Waals surface area contributed by atoms with Crippen LogP contribution in [0.5, 0.6) is 0 Å². The van der Waals surface area contributed by atoms with Crippen LogP contribution < -0.4 is 10.9 Å². The number of rotatable bonds is 5. The monoisotopic (exact) mass is 430 g/mol. The van der Waals surface area contributed by atoms with Crippen molar-refractivity contribution in [1.29, 1.82) is 0 Å². The summed E-state index contributed by atoms with van der Waals surface area (Å²) in [6, 6.07) is 7.13. The Morgan fingerprint density at radius 1 is 1.27 bits per heavy atom. The van der Waals surface area contributed by atoms with Gasteiger partial charge in [0.25, 0.3) is 5.56 Å². The molecule has 10 nitrogen and oxygen atoms in total. The third kappa shape index (κ3) is 3.73. The van der Waals surface area contributed by atoms with E-state index in [4.69, 9.17) is 0 Å². The number of hydrogen-bond acceptors (Lipinski definition) is 6. The average molecular weight is 430 g/mol. The summed E-state index contributed by atoms with van der Waals surface area (Å²) in [7, 11) is -3.23. The van der Waals surface area contributed by atoms with Crippen LogP contribution in [0.2, 0.25) is 0 Å². The largest absolute Gasteiger partial charge is 0.324 e. The maximum atomic E-state index is 12.9. The highest BCUT2D eigenvalue weighted by Gasteiger charge is 2.30. The number of nitrogens with one attached hydrogen (secondary N) is 2. The van der Waals surface area contributed by atoms with E-state index in [0.29, 0.717) is 48.3 Å². The number of fused-ring (bicyclic) bond motifs is 1. The molecule has 3 aromatic rings. The molecule has 1 saturated heterocycles. The van der Waals surface area contributed by atoms with Gasteiger partial charge in [-0.05, 0) is 31.9 Å². The van der Waals surface area contributed by atoms with Crippen LogP contribution in [0, 0.1) is 5.92 Å². The lowest BCUT2D eigenvalue weighted by Crippen LogP contribution is -2.42. The van der Waals surface area contributed by atoms with Crippen molar-refractivity contribution in [3.8, 4) is 5.69 Å². The minimum absolute atomic E-state index is 0.0614. The molecule has 4 rings (SSSR count). The first-order valence-corrected chi connectivity index (χ1v) is 11.3. The second kappa shape index (κ2) is 8.00. The number of anilines is 1. The summed E-state index contributed by atoms with van der Waals surface area (Å²) < 4.78 is 27.0. The van der Waals surface area contributed by atoms with Crippen molar-refractivity contribution in [2.45, 2.75) is 19.8 Å². The number of para-hydroxylation sites is 2. The van der Waals surface area contributed by atoms with Crippen LogP contribution in [-0.2, 0) is 14.8 Å². The van der Waals surface area contributed by atoms with E-state index in [9.17, 15) is 18.0 Å². The van der Waals surface area contributed by atoms with Crippen molar-refractivity contribution in [1.82, 2.24) is 24.1 Å². The average Bonchev–Trinajstić information content (AvgIpc) is 3.19. The Morgan fingerprint density at radius 2 is 2.00 bits per heavy atom. The molecule has 1 aliphatic heterocycles. The molecule has 2 N–H and O–H groups in total. The molecule has 1 aliphatic rings. The Morgan fingerprint density at radius 3 is 2.73 bits per heavy atom. The standard InChI is InChI=1S/C19H22N6O4S/c1-2-30(28,29)24-9-7-13(8-10-24)18(26)23-15-5-3-4-6-16(15)25-17-14(11-22-25)19(27)21-12-20-17/h3-6,11-13H,2,7-10H2,1H3,(H,23,26)(H,20,21,27). The fourth-order valence-electron chi connectivity index (χ4n) is 3.61. The van der Waals surface area contributed by atoms with Gasteiger partial charge in [0.15, 0.2) is 5.65 Å². The molecular formula is C19H22N6O4S. The van der Waals surface area contributed by atoms with Gasteiger partial charge in [0.1, 0.15) is 5.39 Å². The molecule has 0 atom stereocenters. The molecule has 3 heterocycles. The van der Waals surface area contributed by atoms with Crippen molar-refractivity contribution in [2.24, 2.45) is 5.92 Å². The Balaban J connectivity index is 1.55. The van der Waals surface area contributed by atoms with Gasteiger partial charge in [0.2, 0.25) is 15.9 Å². The van der Waals surface area contributed by atoms with Gasteiger partial charge in [-0.1, -0.05) is 12.1 Å². The molecule has 0 saturated carbocycles. The summed E-state index contributed by atoms with van der Waals surface area (Å²) >= 11 is 0. The Hall–Kier alpha value is -3.05. The SMILES string of the molecule is CCS(=O)(=O)N1CCC(C(=O)Nc2ccccc2-n2ncc3c(=O)[nH]cnc32)CC1. The predicted molar refractivity (Wildman–Crippen MR) is 112 cm³/mol. The zero-order chi connectivity index (χ0) is 21.3. The van der Waals surface area contributed by atoms with Crippen LogP contribution in [0.25, 0.3) is 16.7 Å². The summed E-state index contributed by atoms with van der Waals surface area (Å²) in [4.78, 5) is 31.5. The third-order valence-corrected chi connectivity index (χ3v) is 7.23. The lowest BCUT2D eigenvalue weighted by Gasteiger charge is -2.30. The fourth-order valence-corrected chi connectivity index (χ4v) is 4.74. The van der Waals surface area contributed by atoms with E-state index in [0.717, 1.165) is 0 Å². The van der Waals surface area contributed by atoms with Gasteiger partial charge in [-0.25, -0.2) is 22.4 Å². The van der Waals surface area contributed by atoms with Gasteiger partial charge in [-0.3, -0.25) is 9.59 Å². The maximum Gasteiger partial charge on any atom is 0.261 e. The van der Waals surface area contributed by atoms with Crippen molar-refractivity contribution in [3.63, 3.8) is 0 Å². The zero-order valence-electron chi connectivity index (χ0n) is 16.4. The van der Waals surface area contributed by atoms with Gasteiger partial charge < -0.3 is 10.3 Å². The molecule has 1 aromatic carbocycles. The summed E-state index contributed by atoms with van der Waals surface area (Å²) in [5.74, 6) is -0.388. The predicted octanol–water partition coefficient (Wildman–Crippen LogP) is 1.11. The topological polar surface area (TPSA) is 130 Å². The number of carbonyl (C=O) groups is 1. The Labute approximate surface area is 173 Å². The number of aromatic nitrogens is 4. The second-order valence-corrected chi connectivity index (χ2v) is 9.36. The highest BCUT2D eigenvalue weighted by atomic mass is 32.2. The summed E-state index contributed by atoms with van der Waals surface area (Å²) in [5.41, 5.74) is 1.23.